The number of thioether (sulfide) groups is 1. The van der Waals surface area contributed by atoms with Gasteiger partial charge in [-0.3, -0.25) is 19.9 Å². The molecule has 2 aromatic heterocycles. The number of pyridine rings is 1. The summed E-state index contributed by atoms with van der Waals surface area (Å²) in [6.45, 7) is 0. The van der Waals surface area contributed by atoms with E-state index in [0.717, 1.165) is 17.3 Å². The summed E-state index contributed by atoms with van der Waals surface area (Å²) in [5.41, 5.74) is 1.94. The number of ether oxygens (including phenoxy) is 1. The number of nitrogens with zero attached hydrogens (tertiary/aromatic N) is 1. The average Bonchev–Trinajstić information content (AvgIpc) is 3.17. The number of nitrogens with one attached hydrogen (secondary N) is 1. The number of amides is 2. The van der Waals surface area contributed by atoms with Crippen molar-refractivity contribution in [3.05, 3.63) is 64.5 Å². The molecular weight excluding hydrogens is 409 g/mol. The molecule has 1 aromatic carbocycles. The summed E-state index contributed by atoms with van der Waals surface area (Å²) < 4.78 is 46.2. The minimum atomic E-state index is -4.73. The van der Waals surface area contributed by atoms with Crippen molar-refractivity contribution in [2.24, 2.45) is 0 Å². The van der Waals surface area contributed by atoms with Crippen molar-refractivity contribution in [1.82, 2.24) is 10.3 Å². The minimum absolute atomic E-state index is 0.239. The van der Waals surface area contributed by atoms with Gasteiger partial charge < -0.3 is 9.15 Å². The van der Waals surface area contributed by atoms with Crippen LogP contribution in [0.5, 0.6) is 5.75 Å². The van der Waals surface area contributed by atoms with E-state index in [2.05, 4.69) is 15.0 Å². The number of benzene rings is 1. The van der Waals surface area contributed by atoms with Crippen molar-refractivity contribution >= 4 is 40.0 Å². The molecule has 0 saturated carbocycles. The van der Waals surface area contributed by atoms with Crippen LogP contribution in [-0.4, -0.2) is 22.5 Å². The van der Waals surface area contributed by atoms with E-state index in [1.165, 1.54) is 30.3 Å². The molecule has 4 rings (SSSR count). The molecule has 0 unspecified atom stereocenters. The van der Waals surface area contributed by atoms with Gasteiger partial charge in [0.1, 0.15) is 17.1 Å². The van der Waals surface area contributed by atoms with Gasteiger partial charge >= 0.3 is 6.36 Å². The zero-order valence-electron chi connectivity index (χ0n) is 14.4. The Morgan fingerprint density at radius 3 is 2.59 bits per heavy atom. The first kappa shape index (κ1) is 19.1. The third-order valence-corrected chi connectivity index (χ3v) is 4.75. The number of halogens is 3. The molecule has 0 radical (unpaired) electrons. The molecule has 0 aliphatic carbocycles. The largest absolute Gasteiger partial charge is 0.573 e. The maximum Gasteiger partial charge on any atom is 0.573 e. The molecule has 6 nitrogen and oxygen atoms in total. The van der Waals surface area contributed by atoms with E-state index >= 15 is 0 Å². The van der Waals surface area contributed by atoms with Gasteiger partial charge in [0.25, 0.3) is 11.1 Å². The van der Waals surface area contributed by atoms with E-state index < -0.39 is 17.5 Å². The van der Waals surface area contributed by atoms with Crippen LogP contribution < -0.4 is 10.1 Å². The summed E-state index contributed by atoms with van der Waals surface area (Å²) >= 11 is 0.793. The van der Waals surface area contributed by atoms with Gasteiger partial charge in [0.05, 0.1) is 4.91 Å². The van der Waals surface area contributed by atoms with Crippen LogP contribution in [0, 0.1) is 0 Å². The number of alkyl halides is 3. The Balaban J connectivity index is 1.51. The Morgan fingerprint density at radius 2 is 1.93 bits per heavy atom. The number of fused-ring (bicyclic) bond motifs is 1. The van der Waals surface area contributed by atoms with Crippen LogP contribution in [-0.2, 0) is 11.2 Å². The van der Waals surface area contributed by atoms with Gasteiger partial charge in [-0.25, -0.2) is 0 Å². The lowest BCUT2D eigenvalue weighted by Gasteiger charge is -2.09. The Hall–Kier alpha value is -3.27. The quantitative estimate of drug-likeness (QED) is 0.620. The molecule has 0 bridgehead atoms. The lowest BCUT2D eigenvalue weighted by atomic mass is 10.1. The van der Waals surface area contributed by atoms with Gasteiger partial charge in [-0.1, -0.05) is 12.1 Å². The topological polar surface area (TPSA) is 81.4 Å². The van der Waals surface area contributed by atoms with Crippen molar-refractivity contribution in [3.63, 3.8) is 0 Å². The second kappa shape index (κ2) is 7.28. The van der Waals surface area contributed by atoms with Crippen molar-refractivity contribution < 1.29 is 31.9 Å². The number of hydrogen-bond donors (Lipinski definition) is 1. The number of carbonyl (C=O) groups is 2. The Labute approximate surface area is 165 Å². The molecule has 3 heterocycles. The molecule has 1 aliphatic heterocycles. The van der Waals surface area contributed by atoms with E-state index in [1.54, 1.807) is 18.3 Å². The Morgan fingerprint density at radius 1 is 1.17 bits per heavy atom. The van der Waals surface area contributed by atoms with Gasteiger partial charge in [-0.05, 0) is 35.5 Å². The zero-order chi connectivity index (χ0) is 20.6. The van der Waals surface area contributed by atoms with Crippen LogP contribution in [0.3, 0.4) is 0 Å². The summed E-state index contributed by atoms with van der Waals surface area (Å²) in [4.78, 5) is 27.4. The van der Waals surface area contributed by atoms with Crippen molar-refractivity contribution in [3.8, 4) is 5.75 Å². The zero-order valence-corrected chi connectivity index (χ0v) is 15.3. The fourth-order valence-corrected chi connectivity index (χ4v) is 3.39. The van der Waals surface area contributed by atoms with E-state index in [0.29, 0.717) is 28.8 Å². The summed E-state index contributed by atoms with van der Waals surface area (Å²) in [5, 5.41) is 2.44. The van der Waals surface area contributed by atoms with Crippen LogP contribution in [0.15, 0.2) is 51.9 Å². The summed E-state index contributed by atoms with van der Waals surface area (Å²) in [7, 11) is 0. The highest BCUT2D eigenvalue weighted by molar-refractivity contribution is 8.18. The molecule has 0 atom stereocenters. The molecule has 0 spiro atoms. The average molecular weight is 420 g/mol. The monoisotopic (exact) mass is 420 g/mol. The Bertz CT molecular complexity index is 1140. The minimum Gasteiger partial charge on any atom is -0.457 e. The van der Waals surface area contributed by atoms with Gasteiger partial charge in [-0.2, -0.15) is 0 Å². The maximum absolute atomic E-state index is 12.2. The lowest BCUT2D eigenvalue weighted by Crippen LogP contribution is -2.17. The molecule has 2 amide bonds. The van der Waals surface area contributed by atoms with Crippen LogP contribution in [0.25, 0.3) is 17.0 Å². The van der Waals surface area contributed by atoms with Crippen LogP contribution in [0.2, 0.25) is 0 Å². The highest BCUT2D eigenvalue weighted by Crippen LogP contribution is 2.28. The number of rotatable bonds is 4. The fraction of sp³-hybridized carbons (Fsp3) is 0.105. The first-order valence-electron chi connectivity index (χ1n) is 8.23. The fourth-order valence-electron chi connectivity index (χ4n) is 2.73. The molecule has 148 valence electrons. The van der Waals surface area contributed by atoms with Gasteiger partial charge in [-0.15, -0.1) is 13.2 Å². The molecule has 29 heavy (non-hydrogen) atoms. The summed E-state index contributed by atoms with van der Waals surface area (Å²) in [5.74, 6) is -0.363. The predicted octanol–water partition coefficient (Wildman–Crippen LogP) is 4.64. The number of imide groups is 1. The molecular formula is C19H11F3N2O4S. The van der Waals surface area contributed by atoms with E-state index in [-0.39, 0.29) is 10.7 Å². The van der Waals surface area contributed by atoms with Crippen molar-refractivity contribution in [1.29, 1.82) is 0 Å². The smallest absolute Gasteiger partial charge is 0.457 e. The number of carbonyl (C=O) groups excluding carboxylic acids is 2. The highest BCUT2D eigenvalue weighted by Gasteiger charge is 2.31. The molecule has 1 N–H and O–H groups in total. The van der Waals surface area contributed by atoms with E-state index in [4.69, 9.17) is 4.42 Å². The molecule has 10 heteroatoms. The SMILES string of the molecule is O=C1NC(=O)/C(=C\c2cc3cnc(Cc4ccc(OC(F)(F)F)cc4)cc3o2)S1. The third-order valence-electron chi connectivity index (χ3n) is 3.93. The standard InChI is InChI=1S/C19H11F3N2O4S/c20-19(21,22)28-13-3-1-10(2-4-13)5-12-7-15-11(9-23-12)6-14(27-15)8-16-17(25)24-18(26)29-16/h1-4,6-9H,5H2,(H,24,25,26)/b16-8+. The van der Waals surface area contributed by atoms with Gasteiger partial charge in [0, 0.05) is 35.8 Å². The lowest BCUT2D eigenvalue weighted by molar-refractivity contribution is -0.274. The van der Waals surface area contributed by atoms with Crippen LogP contribution >= 0.6 is 11.8 Å². The van der Waals surface area contributed by atoms with Gasteiger partial charge in [0.2, 0.25) is 0 Å². The first-order valence-corrected chi connectivity index (χ1v) is 9.05. The second-order valence-electron chi connectivity index (χ2n) is 6.08. The van der Waals surface area contributed by atoms with E-state index in [9.17, 15) is 22.8 Å². The molecule has 1 fully saturated rings. The maximum atomic E-state index is 12.2. The Kier molecular flexibility index (Phi) is 4.79. The van der Waals surface area contributed by atoms with Crippen molar-refractivity contribution in [2.45, 2.75) is 12.8 Å². The van der Waals surface area contributed by atoms with Crippen LogP contribution in [0.4, 0.5) is 18.0 Å². The number of furan rings is 1. The second-order valence-corrected chi connectivity index (χ2v) is 7.10. The highest BCUT2D eigenvalue weighted by atomic mass is 32.2. The normalized spacial score (nSPS) is 15.9. The first-order chi connectivity index (χ1) is 13.7. The summed E-state index contributed by atoms with van der Waals surface area (Å²) in [6.07, 6.45) is -1.27. The molecule has 1 saturated heterocycles. The number of aromatic nitrogens is 1. The van der Waals surface area contributed by atoms with Crippen molar-refractivity contribution in [2.75, 3.05) is 0 Å². The third kappa shape index (κ3) is 4.60. The van der Waals surface area contributed by atoms with Crippen LogP contribution in [0.1, 0.15) is 17.0 Å². The van der Waals surface area contributed by atoms with Gasteiger partial charge in [0.15, 0.2) is 0 Å². The molecule has 1 aliphatic rings. The summed E-state index contributed by atoms with van der Waals surface area (Å²) in [6, 6.07) is 8.94. The molecule has 3 aromatic rings. The predicted molar refractivity (Wildman–Crippen MR) is 99.0 cm³/mol. The number of hydrogen-bond acceptors (Lipinski definition) is 6. The van der Waals surface area contributed by atoms with E-state index in [1.807, 2.05) is 0 Å².